The van der Waals surface area contributed by atoms with Crippen molar-refractivity contribution in [2.45, 2.75) is 58.9 Å². The second-order valence-corrected chi connectivity index (χ2v) is 5.46. The predicted octanol–water partition coefficient (Wildman–Crippen LogP) is 2.06. The first kappa shape index (κ1) is 13.5. The van der Waals surface area contributed by atoms with Gasteiger partial charge in [-0.3, -0.25) is 4.79 Å². The van der Waals surface area contributed by atoms with E-state index in [4.69, 9.17) is 5.73 Å². The molecule has 0 saturated heterocycles. The van der Waals surface area contributed by atoms with Crippen molar-refractivity contribution in [2.24, 2.45) is 17.1 Å². The summed E-state index contributed by atoms with van der Waals surface area (Å²) in [4.78, 5) is 12.1. The molecule has 16 heavy (non-hydrogen) atoms. The molecule has 1 amide bonds. The van der Waals surface area contributed by atoms with Crippen LogP contribution in [0.4, 0.5) is 0 Å². The van der Waals surface area contributed by atoms with Crippen LogP contribution in [0.25, 0.3) is 0 Å². The van der Waals surface area contributed by atoms with Gasteiger partial charge in [-0.15, -0.1) is 0 Å². The van der Waals surface area contributed by atoms with E-state index in [1.165, 1.54) is 19.3 Å². The normalized spacial score (nSPS) is 29.5. The van der Waals surface area contributed by atoms with Crippen molar-refractivity contribution in [1.82, 2.24) is 5.32 Å². The third-order valence-corrected chi connectivity index (χ3v) is 4.21. The van der Waals surface area contributed by atoms with Gasteiger partial charge < -0.3 is 11.1 Å². The van der Waals surface area contributed by atoms with Gasteiger partial charge >= 0.3 is 0 Å². The molecule has 0 radical (unpaired) electrons. The third-order valence-electron chi connectivity index (χ3n) is 4.21. The molecule has 1 aliphatic rings. The average Bonchev–Trinajstić information content (AvgIpc) is 2.31. The first-order chi connectivity index (χ1) is 7.53. The van der Waals surface area contributed by atoms with Gasteiger partial charge in [0.1, 0.15) is 0 Å². The van der Waals surface area contributed by atoms with Crippen LogP contribution in [0.2, 0.25) is 0 Å². The number of nitrogens with two attached hydrogens (primary N) is 1. The summed E-state index contributed by atoms with van der Waals surface area (Å²) in [7, 11) is 0. The van der Waals surface area contributed by atoms with Crippen LogP contribution in [-0.4, -0.2) is 18.5 Å². The summed E-state index contributed by atoms with van der Waals surface area (Å²) in [6.45, 7) is 6.64. The molecule has 1 fully saturated rings. The molecule has 3 atom stereocenters. The lowest BCUT2D eigenvalue weighted by Crippen LogP contribution is -2.49. The molecule has 0 aromatic rings. The molecule has 3 heteroatoms. The summed E-state index contributed by atoms with van der Waals surface area (Å²) < 4.78 is 0. The fraction of sp³-hybridized carbons (Fsp3) is 0.923. The standard InChI is InChI=1S/C13H26N2O/c1-4-13(3,9-14)12(16)15-11-8-6-5-7-10(11)2/h10-11H,4-9,14H2,1-3H3,(H,15,16). The summed E-state index contributed by atoms with van der Waals surface area (Å²) in [5.74, 6) is 0.743. The van der Waals surface area contributed by atoms with E-state index in [-0.39, 0.29) is 5.91 Å². The van der Waals surface area contributed by atoms with Gasteiger partial charge in [-0.05, 0) is 32.1 Å². The number of rotatable bonds is 4. The number of carbonyl (C=O) groups is 1. The molecule has 0 heterocycles. The van der Waals surface area contributed by atoms with E-state index in [1.807, 2.05) is 13.8 Å². The largest absolute Gasteiger partial charge is 0.353 e. The molecule has 3 unspecified atom stereocenters. The molecule has 1 saturated carbocycles. The monoisotopic (exact) mass is 226 g/mol. The molecule has 0 spiro atoms. The van der Waals surface area contributed by atoms with Gasteiger partial charge in [0, 0.05) is 12.6 Å². The van der Waals surface area contributed by atoms with E-state index in [2.05, 4.69) is 12.2 Å². The van der Waals surface area contributed by atoms with E-state index < -0.39 is 5.41 Å². The molecule has 0 bridgehead atoms. The van der Waals surface area contributed by atoms with Crippen LogP contribution >= 0.6 is 0 Å². The fourth-order valence-corrected chi connectivity index (χ4v) is 2.27. The number of hydrogen-bond acceptors (Lipinski definition) is 2. The number of amides is 1. The van der Waals surface area contributed by atoms with Crippen molar-refractivity contribution in [2.75, 3.05) is 6.54 Å². The highest BCUT2D eigenvalue weighted by atomic mass is 16.2. The number of nitrogens with one attached hydrogen (secondary N) is 1. The second-order valence-electron chi connectivity index (χ2n) is 5.46. The van der Waals surface area contributed by atoms with Crippen LogP contribution in [-0.2, 0) is 4.79 Å². The first-order valence-electron chi connectivity index (χ1n) is 6.54. The minimum atomic E-state index is -0.392. The molecule has 3 nitrogen and oxygen atoms in total. The van der Waals surface area contributed by atoms with Crippen LogP contribution in [0, 0.1) is 11.3 Å². The zero-order chi connectivity index (χ0) is 12.2. The summed E-state index contributed by atoms with van der Waals surface area (Å²) in [5.41, 5.74) is 5.31. The Balaban J connectivity index is 2.55. The maximum Gasteiger partial charge on any atom is 0.227 e. The Morgan fingerprint density at radius 3 is 2.56 bits per heavy atom. The Morgan fingerprint density at radius 2 is 2.06 bits per heavy atom. The van der Waals surface area contributed by atoms with Crippen LogP contribution in [0.5, 0.6) is 0 Å². The van der Waals surface area contributed by atoms with Gasteiger partial charge in [-0.2, -0.15) is 0 Å². The van der Waals surface area contributed by atoms with Gasteiger partial charge in [0.15, 0.2) is 0 Å². The molecule has 1 aliphatic carbocycles. The molecular weight excluding hydrogens is 200 g/mol. The minimum absolute atomic E-state index is 0.135. The van der Waals surface area contributed by atoms with E-state index in [9.17, 15) is 4.79 Å². The molecule has 94 valence electrons. The Labute approximate surface area is 99.2 Å². The van der Waals surface area contributed by atoms with Crippen LogP contribution in [0.3, 0.4) is 0 Å². The van der Waals surface area contributed by atoms with Crippen LogP contribution in [0.1, 0.15) is 52.9 Å². The van der Waals surface area contributed by atoms with Gasteiger partial charge in [0.25, 0.3) is 0 Å². The highest BCUT2D eigenvalue weighted by molar-refractivity contribution is 5.82. The van der Waals surface area contributed by atoms with Crippen molar-refractivity contribution in [1.29, 1.82) is 0 Å². The van der Waals surface area contributed by atoms with Gasteiger partial charge in [0.05, 0.1) is 5.41 Å². The molecule has 1 rings (SSSR count). The van der Waals surface area contributed by atoms with E-state index in [1.54, 1.807) is 0 Å². The zero-order valence-corrected chi connectivity index (χ0v) is 10.9. The maximum absolute atomic E-state index is 12.1. The van der Waals surface area contributed by atoms with Crippen molar-refractivity contribution in [3.63, 3.8) is 0 Å². The highest BCUT2D eigenvalue weighted by Gasteiger charge is 2.32. The van der Waals surface area contributed by atoms with E-state index >= 15 is 0 Å². The summed E-state index contributed by atoms with van der Waals surface area (Å²) in [6, 6.07) is 0.360. The lowest BCUT2D eigenvalue weighted by molar-refractivity contribution is -0.131. The van der Waals surface area contributed by atoms with Crippen molar-refractivity contribution in [3.05, 3.63) is 0 Å². The van der Waals surface area contributed by atoms with Crippen LogP contribution in [0.15, 0.2) is 0 Å². The topological polar surface area (TPSA) is 55.1 Å². The van der Waals surface area contributed by atoms with E-state index in [0.717, 1.165) is 12.8 Å². The maximum atomic E-state index is 12.1. The SMILES string of the molecule is CCC(C)(CN)C(=O)NC1CCCCC1C. The fourth-order valence-electron chi connectivity index (χ4n) is 2.27. The number of carbonyl (C=O) groups excluding carboxylic acids is 1. The van der Waals surface area contributed by atoms with Crippen molar-refractivity contribution < 1.29 is 4.79 Å². The molecular formula is C13H26N2O. The lowest BCUT2D eigenvalue weighted by Gasteiger charge is -2.33. The average molecular weight is 226 g/mol. The predicted molar refractivity (Wildman–Crippen MR) is 67.0 cm³/mol. The van der Waals surface area contributed by atoms with Gasteiger partial charge in [0.2, 0.25) is 5.91 Å². The van der Waals surface area contributed by atoms with E-state index in [0.29, 0.717) is 18.5 Å². The summed E-state index contributed by atoms with van der Waals surface area (Å²) in [5, 5.41) is 3.19. The Kier molecular flexibility index (Phi) is 4.78. The lowest BCUT2D eigenvalue weighted by atomic mass is 9.83. The molecule has 0 aromatic carbocycles. The zero-order valence-electron chi connectivity index (χ0n) is 10.9. The first-order valence-corrected chi connectivity index (χ1v) is 6.54. The Bertz CT molecular complexity index is 236. The molecule has 0 aromatic heterocycles. The summed E-state index contributed by atoms with van der Waals surface area (Å²) >= 11 is 0. The third kappa shape index (κ3) is 2.97. The smallest absolute Gasteiger partial charge is 0.227 e. The van der Waals surface area contributed by atoms with Gasteiger partial charge in [-0.1, -0.05) is 26.7 Å². The minimum Gasteiger partial charge on any atom is -0.353 e. The summed E-state index contributed by atoms with van der Waals surface area (Å²) in [6.07, 6.45) is 5.69. The van der Waals surface area contributed by atoms with Crippen molar-refractivity contribution in [3.8, 4) is 0 Å². The van der Waals surface area contributed by atoms with Crippen molar-refractivity contribution >= 4 is 5.91 Å². The second kappa shape index (κ2) is 5.67. The Morgan fingerprint density at radius 1 is 1.44 bits per heavy atom. The quantitative estimate of drug-likeness (QED) is 0.771. The van der Waals surface area contributed by atoms with Crippen LogP contribution < -0.4 is 11.1 Å². The highest BCUT2D eigenvalue weighted by Crippen LogP contribution is 2.26. The number of hydrogen-bond donors (Lipinski definition) is 2. The molecule has 0 aliphatic heterocycles. The molecule has 3 N–H and O–H groups in total. The Hall–Kier alpha value is -0.570. The van der Waals surface area contributed by atoms with Gasteiger partial charge in [-0.25, -0.2) is 0 Å².